The van der Waals surface area contributed by atoms with E-state index in [0.29, 0.717) is 18.7 Å². The molecule has 3 aromatic rings. The predicted molar refractivity (Wildman–Crippen MR) is 121 cm³/mol. The second-order valence-corrected chi connectivity index (χ2v) is 10.1. The number of ether oxygens (including phenoxy) is 1. The summed E-state index contributed by atoms with van der Waals surface area (Å²) in [4.78, 5) is 14.4. The van der Waals surface area contributed by atoms with Crippen molar-refractivity contribution in [3.8, 4) is 11.1 Å². The summed E-state index contributed by atoms with van der Waals surface area (Å²) in [5.41, 5.74) is 4.61. The number of amides is 1. The Hall–Kier alpha value is -2.67. The zero-order chi connectivity index (χ0) is 23.7. The lowest BCUT2D eigenvalue weighted by Crippen LogP contribution is -2.40. The van der Waals surface area contributed by atoms with Crippen molar-refractivity contribution in [2.24, 2.45) is 0 Å². The molecule has 8 heteroatoms. The van der Waals surface area contributed by atoms with Gasteiger partial charge in [-0.25, -0.2) is 4.79 Å². The Morgan fingerprint density at radius 2 is 1.82 bits per heavy atom. The summed E-state index contributed by atoms with van der Waals surface area (Å²) >= 11 is 6.30. The van der Waals surface area contributed by atoms with Crippen molar-refractivity contribution in [1.29, 1.82) is 0 Å². The fourth-order valence-corrected chi connectivity index (χ4v) is 5.19. The van der Waals surface area contributed by atoms with Crippen LogP contribution in [0, 0.1) is 0 Å². The van der Waals surface area contributed by atoms with Crippen LogP contribution in [0.25, 0.3) is 22.0 Å². The van der Waals surface area contributed by atoms with Gasteiger partial charge in [0.15, 0.2) is 0 Å². The van der Waals surface area contributed by atoms with E-state index in [1.54, 1.807) is 4.90 Å². The van der Waals surface area contributed by atoms with Crippen LogP contribution in [0.5, 0.6) is 0 Å². The highest BCUT2D eigenvalue weighted by molar-refractivity contribution is 6.33. The first-order chi connectivity index (χ1) is 15.4. The molecule has 0 atom stereocenters. The topological polar surface area (TPSA) is 34.5 Å². The van der Waals surface area contributed by atoms with Gasteiger partial charge in [-0.15, -0.1) is 0 Å². The third-order valence-electron chi connectivity index (χ3n) is 6.29. The lowest BCUT2D eigenvalue weighted by atomic mass is 9.96. The van der Waals surface area contributed by atoms with Crippen LogP contribution in [0.1, 0.15) is 43.2 Å². The minimum Gasteiger partial charge on any atom is -0.444 e. The average molecular weight is 477 g/mol. The number of hydrogen-bond acceptors (Lipinski definition) is 2. The molecule has 2 aliphatic rings. The average Bonchev–Trinajstić information content (AvgIpc) is 3.27. The van der Waals surface area contributed by atoms with Crippen LogP contribution in [-0.2, 0) is 36.8 Å². The van der Waals surface area contributed by atoms with Gasteiger partial charge in [0.05, 0.1) is 17.6 Å². The van der Waals surface area contributed by atoms with Crippen molar-refractivity contribution >= 4 is 28.6 Å². The number of carbonyl (C=O) groups is 1. The number of aryl methyl sites for hydroxylation is 2. The van der Waals surface area contributed by atoms with Gasteiger partial charge in [-0.1, -0.05) is 17.7 Å². The molecule has 2 aliphatic heterocycles. The van der Waals surface area contributed by atoms with E-state index in [1.165, 1.54) is 11.8 Å². The number of nitrogens with zero attached hydrogens (tertiary/aromatic N) is 2. The van der Waals surface area contributed by atoms with E-state index in [2.05, 4.69) is 4.57 Å². The van der Waals surface area contributed by atoms with E-state index in [9.17, 15) is 18.0 Å². The molecule has 3 heterocycles. The molecule has 0 spiro atoms. The number of halogens is 4. The fraction of sp³-hybridized carbons (Fsp3) is 0.400. The Labute approximate surface area is 194 Å². The Kier molecular flexibility index (Phi) is 4.98. The number of fused-ring (bicyclic) bond motifs is 3. The lowest BCUT2D eigenvalue weighted by Gasteiger charge is -2.30. The van der Waals surface area contributed by atoms with E-state index in [4.69, 9.17) is 16.3 Å². The number of benzene rings is 2. The molecule has 33 heavy (non-hydrogen) atoms. The first-order valence-electron chi connectivity index (χ1n) is 10.9. The van der Waals surface area contributed by atoms with E-state index >= 15 is 0 Å². The Balaban J connectivity index is 1.57. The molecule has 174 valence electrons. The van der Waals surface area contributed by atoms with E-state index in [-0.39, 0.29) is 11.1 Å². The zero-order valence-electron chi connectivity index (χ0n) is 18.6. The summed E-state index contributed by atoms with van der Waals surface area (Å²) in [5, 5.41) is 1.09. The molecule has 0 radical (unpaired) electrons. The SMILES string of the molecule is CC(C)(C)OC(=O)N1CCc2c(c3cc(-c4ccc(C(F)(F)F)cc4Cl)cc4c3n2CC4)C1. The minimum absolute atomic E-state index is 0.0676. The maximum Gasteiger partial charge on any atom is 0.416 e. The molecule has 0 saturated carbocycles. The van der Waals surface area contributed by atoms with Crippen molar-refractivity contribution in [3.05, 3.63) is 57.7 Å². The Morgan fingerprint density at radius 1 is 1.06 bits per heavy atom. The van der Waals surface area contributed by atoms with Gasteiger partial charge in [0.2, 0.25) is 0 Å². The molecule has 0 bridgehead atoms. The molecular formula is C25H24ClF3N2O2. The molecule has 0 aliphatic carbocycles. The third kappa shape index (κ3) is 3.86. The van der Waals surface area contributed by atoms with Gasteiger partial charge in [-0.05, 0) is 62.6 Å². The zero-order valence-corrected chi connectivity index (χ0v) is 19.4. The van der Waals surface area contributed by atoms with Crippen molar-refractivity contribution in [1.82, 2.24) is 9.47 Å². The van der Waals surface area contributed by atoms with Crippen molar-refractivity contribution < 1.29 is 22.7 Å². The molecule has 2 aromatic carbocycles. The lowest BCUT2D eigenvalue weighted by molar-refractivity contribution is -0.137. The number of alkyl halides is 3. The summed E-state index contributed by atoms with van der Waals surface area (Å²) in [6.07, 6.45) is -3.19. The number of hydrogen-bond donors (Lipinski definition) is 0. The first kappa shape index (κ1) is 22.1. The monoisotopic (exact) mass is 476 g/mol. The van der Waals surface area contributed by atoms with Crippen LogP contribution in [-0.4, -0.2) is 27.7 Å². The highest BCUT2D eigenvalue weighted by Gasteiger charge is 2.33. The van der Waals surface area contributed by atoms with Crippen molar-refractivity contribution in [2.75, 3.05) is 6.54 Å². The highest BCUT2D eigenvalue weighted by atomic mass is 35.5. The van der Waals surface area contributed by atoms with E-state index < -0.39 is 17.3 Å². The van der Waals surface area contributed by atoms with Crippen LogP contribution in [0.4, 0.5) is 18.0 Å². The number of aromatic nitrogens is 1. The molecular weight excluding hydrogens is 453 g/mol. The summed E-state index contributed by atoms with van der Waals surface area (Å²) in [6, 6.07) is 7.50. The minimum atomic E-state index is -4.44. The van der Waals surface area contributed by atoms with Gasteiger partial charge in [0.25, 0.3) is 0 Å². The second-order valence-electron chi connectivity index (χ2n) is 9.70. The van der Waals surface area contributed by atoms with Gasteiger partial charge in [-0.3, -0.25) is 0 Å². The molecule has 0 saturated heterocycles. The number of carbonyl (C=O) groups excluding carboxylic acids is 1. The molecule has 0 unspecified atom stereocenters. The molecule has 5 rings (SSSR count). The van der Waals surface area contributed by atoms with Gasteiger partial charge in [0.1, 0.15) is 5.60 Å². The quantitative estimate of drug-likeness (QED) is 0.386. The van der Waals surface area contributed by atoms with Crippen molar-refractivity contribution in [3.63, 3.8) is 0 Å². The van der Waals surface area contributed by atoms with Crippen LogP contribution < -0.4 is 0 Å². The molecule has 1 aromatic heterocycles. The van der Waals surface area contributed by atoms with Crippen molar-refractivity contribution in [2.45, 2.75) is 58.5 Å². The second kappa shape index (κ2) is 7.42. The largest absolute Gasteiger partial charge is 0.444 e. The summed E-state index contributed by atoms with van der Waals surface area (Å²) in [5.74, 6) is 0. The van der Waals surface area contributed by atoms with Crippen LogP contribution in [0.15, 0.2) is 30.3 Å². The molecule has 4 nitrogen and oxygen atoms in total. The van der Waals surface area contributed by atoms with E-state index in [1.807, 2.05) is 32.9 Å². The molecule has 0 N–H and O–H groups in total. The summed E-state index contributed by atoms with van der Waals surface area (Å²) in [6.45, 7) is 7.42. The summed E-state index contributed by atoms with van der Waals surface area (Å²) in [7, 11) is 0. The predicted octanol–water partition coefficient (Wildman–Crippen LogP) is 6.83. The normalized spacial score (nSPS) is 15.8. The maximum atomic E-state index is 13.1. The van der Waals surface area contributed by atoms with Crippen LogP contribution in [0.2, 0.25) is 5.02 Å². The summed E-state index contributed by atoms with van der Waals surface area (Å²) < 4.78 is 47.1. The molecule has 0 fully saturated rings. The van der Waals surface area contributed by atoms with Gasteiger partial charge in [0, 0.05) is 46.7 Å². The van der Waals surface area contributed by atoms with Gasteiger partial charge >= 0.3 is 12.3 Å². The van der Waals surface area contributed by atoms with Gasteiger partial charge in [-0.2, -0.15) is 13.2 Å². The van der Waals surface area contributed by atoms with Crippen LogP contribution in [0.3, 0.4) is 0 Å². The Morgan fingerprint density at radius 3 is 2.48 bits per heavy atom. The number of rotatable bonds is 1. The van der Waals surface area contributed by atoms with Gasteiger partial charge < -0.3 is 14.2 Å². The fourth-order valence-electron chi connectivity index (χ4n) is 4.90. The third-order valence-corrected chi connectivity index (χ3v) is 6.60. The molecule has 1 amide bonds. The Bertz CT molecular complexity index is 1290. The standard InChI is InChI=1S/C25H24ClF3N2O2/c1-24(2,3)33-23(32)30-8-7-21-19(13-30)18-11-15(10-14-6-9-31(21)22(14)18)17-5-4-16(12-20(17)26)25(27,28)29/h4-5,10-12H,6-9,13H2,1-3H3. The smallest absolute Gasteiger partial charge is 0.416 e. The van der Waals surface area contributed by atoms with Crippen LogP contribution >= 0.6 is 11.6 Å². The van der Waals surface area contributed by atoms with E-state index in [0.717, 1.165) is 59.1 Å². The maximum absolute atomic E-state index is 13.1. The highest BCUT2D eigenvalue weighted by Crippen LogP contribution is 2.42. The first-order valence-corrected chi connectivity index (χ1v) is 11.3.